The third kappa shape index (κ3) is 2.57. The molecule has 0 saturated heterocycles. The maximum Gasteiger partial charge on any atom is 0.0810 e. The molecule has 0 aliphatic heterocycles. The van der Waals surface area contributed by atoms with Gasteiger partial charge in [0.2, 0.25) is 0 Å². The van der Waals surface area contributed by atoms with Crippen LogP contribution in [0.1, 0.15) is 0 Å². The highest BCUT2D eigenvalue weighted by Gasteiger charge is 2.23. The Bertz CT molecular complexity index is 347. The van der Waals surface area contributed by atoms with Crippen molar-refractivity contribution in [2.75, 3.05) is 6.26 Å². The number of hydrogen-bond acceptors (Lipinski definition) is 1. The topological polar surface area (TPSA) is 0 Å². The van der Waals surface area contributed by atoms with Crippen LogP contribution >= 0.6 is 39.3 Å². The van der Waals surface area contributed by atoms with Gasteiger partial charge in [0.05, 0.1) is 8.07 Å². The van der Waals surface area contributed by atoms with E-state index < -0.39 is 8.07 Å². The van der Waals surface area contributed by atoms with Crippen LogP contribution in [0.4, 0.5) is 0 Å². The van der Waals surface area contributed by atoms with Gasteiger partial charge < -0.3 is 0 Å². The summed E-state index contributed by atoms with van der Waals surface area (Å²) in [5.41, 5.74) is 0. The van der Waals surface area contributed by atoms with E-state index in [1.165, 1.54) is 14.6 Å². The largest absolute Gasteiger partial charge is 0.128 e. The minimum absolute atomic E-state index is 0.897. The van der Waals surface area contributed by atoms with E-state index in [2.05, 4.69) is 47.9 Å². The lowest BCUT2D eigenvalue weighted by atomic mass is 10.4. The molecule has 0 nitrogen and oxygen atoms in total. The zero-order valence-electron chi connectivity index (χ0n) is 8.82. The van der Waals surface area contributed by atoms with E-state index >= 15 is 0 Å². The second kappa shape index (κ2) is 4.60. The molecular weight excluding hydrogens is 296 g/mol. The van der Waals surface area contributed by atoms with Gasteiger partial charge in [0.1, 0.15) is 0 Å². The van der Waals surface area contributed by atoms with E-state index in [1.807, 2.05) is 6.07 Å². The number of hydrogen-bond donors (Lipinski definition) is 0. The maximum atomic E-state index is 6.24. The Kier molecular flexibility index (Phi) is 4.15. The average molecular weight is 310 g/mol. The molecule has 0 heterocycles. The van der Waals surface area contributed by atoms with Crippen molar-refractivity contribution >= 4 is 52.6 Å². The van der Waals surface area contributed by atoms with Crippen molar-refractivity contribution in [3.63, 3.8) is 0 Å². The van der Waals surface area contributed by atoms with Crippen LogP contribution < -0.4 is 5.19 Å². The molecule has 1 aromatic rings. The Morgan fingerprint density at radius 2 is 1.86 bits per heavy atom. The molecule has 0 aliphatic carbocycles. The van der Waals surface area contributed by atoms with E-state index in [9.17, 15) is 0 Å². The fourth-order valence-electron chi connectivity index (χ4n) is 1.38. The summed E-state index contributed by atoms with van der Waals surface area (Å²) in [7, 11) is -1.36. The number of rotatable bonds is 2. The van der Waals surface area contributed by atoms with Crippen LogP contribution in [-0.2, 0) is 0 Å². The minimum atomic E-state index is -1.36. The van der Waals surface area contributed by atoms with Gasteiger partial charge in [-0.1, -0.05) is 31.2 Å². The first kappa shape index (κ1) is 12.6. The van der Waals surface area contributed by atoms with Crippen molar-refractivity contribution in [1.29, 1.82) is 0 Å². The zero-order chi connectivity index (χ0) is 10.9. The van der Waals surface area contributed by atoms with Gasteiger partial charge in [-0.3, -0.25) is 0 Å². The third-order valence-electron chi connectivity index (χ3n) is 2.03. The zero-order valence-corrected chi connectivity index (χ0v) is 13.0. The van der Waals surface area contributed by atoms with Crippen molar-refractivity contribution in [3.8, 4) is 0 Å². The molecule has 0 N–H and O–H groups in total. The van der Waals surface area contributed by atoms with E-state index in [0.717, 1.165) is 5.02 Å². The van der Waals surface area contributed by atoms with Crippen molar-refractivity contribution in [1.82, 2.24) is 0 Å². The van der Waals surface area contributed by atoms with Crippen LogP contribution in [0.25, 0.3) is 0 Å². The lowest BCUT2D eigenvalue weighted by Crippen LogP contribution is -2.39. The summed E-state index contributed by atoms with van der Waals surface area (Å²) in [5.74, 6) is 0. The highest BCUT2D eigenvalue weighted by atomic mass is 79.9. The Hall–Kier alpha value is 0.557. The molecule has 0 fully saturated rings. The monoisotopic (exact) mass is 308 g/mol. The van der Waals surface area contributed by atoms with Gasteiger partial charge in [-0.05, 0) is 39.5 Å². The van der Waals surface area contributed by atoms with E-state index in [4.69, 9.17) is 11.6 Å². The molecule has 0 amide bonds. The van der Waals surface area contributed by atoms with Crippen LogP contribution in [0, 0.1) is 0 Å². The summed E-state index contributed by atoms with van der Waals surface area (Å²) in [6, 6.07) is 4.08. The van der Waals surface area contributed by atoms with Gasteiger partial charge >= 0.3 is 0 Å². The lowest BCUT2D eigenvalue weighted by molar-refractivity contribution is 1.43. The third-order valence-corrected chi connectivity index (χ3v) is 6.75. The number of benzene rings is 1. The van der Waals surface area contributed by atoms with Gasteiger partial charge in [-0.2, -0.15) is 0 Å². The van der Waals surface area contributed by atoms with Crippen molar-refractivity contribution in [2.24, 2.45) is 0 Å². The standard InChI is InChI=1S/C10H14BrClSSi/c1-13-8-6-5-7(12)10(9(8)11)14(2,3)4/h5-6H,1-4H3. The average Bonchev–Trinajstić information content (AvgIpc) is 2.02. The second-order valence-corrected chi connectivity index (χ2v) is 11.2. The lowest BCUT2D eigenvalue weighted by Gasteiger charge is -2.21. The summed E-state index contributed by atoms with van der Waals surface area (Å²) in [4.78, 5) is 1.27. The highest BCUT2D eigenvalue weighted by molar-refractivity contribution is 9.10. The van der Waals surface area contributed by atoms with Crippen LogP contribution in [0.3, 0.4) is 0 Å². The molecule has 0 atom stereocenters. The summed E-state index contributed by atoms with van der Waals surface area (Å²) in [6.45, 7) is 6.93. The number of thioether (sulfide) groups is 1. The van der Waals surface area contributed by atoms with Gasteiger partial charge in [-0.25, -0.2) is 0 Å². The van der Waals surface area contributed by atoms with Crippen LogP contribution in [0.5, 0.6) is 0 Å². The summed E-state index contributed by atoms with van der Waals surface area (Å²) >= 11 is 11.6. The van der Waals surface area contributed by atoms with Gasteiger partial charge in [0, 0.05) is 14.4 Å². The van der Waals surface area contributed by atoms with Gasteiger partial charge in [-0.15, -0.1) is 11.8 Å². The van der Waals surface area contributed by atoms with Crippen LogP contribution in [-0.4, -0.2) is 14.3 Å². The molecule has 4 heteroatoms. The van der Waals surface area contributed by atoms with E-state index in [-0.39, 0.29) is 0 Å². The highest BCUT2D eigenvalue weighted by Crippen LogP contribution is 2.29. The molecular formula is C10H14BrClSSi. The fourth-order valence-corrected chi connectivity index (χ4v) is 7.29. The predicted octanol–water partition coefficient (Wildman–Crippen LogP) is 4.37. The predicted molar refractivity (Wildman–Crippen MR) is 73.9 cm³/mol. The molecule has 0 aliphatic rings. The normalized spacial score (nSPS) is 11.9. The molecule has 0 bridgehead atoms. The Morgan fingerprint density at radius 1 is 1.29 bits per heavy atom. The molecule has 1 rings (SSSR count). The molecule has 78 valence electrons. The molecule has 0 spiro atoms. The van der Waals surface area contributed by atoms with Crippen molar-refractivity contribution in [2.45, 2.75) is 24.5 Å². The fraction of sp³-hybridized carbons (Fsp3) is 0.400. The molecule has 1 aromatic carbocycles. The SMILES string of the molecule is CSc1ccc(Cl)c([Si](C)(C)C)c1Br. The summed E-state index contributed by atoms with van der Waals surface area (Å²) < 4.78 is 1.19. The van der Waals surface area contributed by atoms with E-state index in [1.54, 1.807) is 11.8 Å². The number of halogens is 2. The molecule has 0 radical (unpaired) electrons. The summed E-state index contributed by atoms with van der Waals surface area (Å²) in [6.07, 6.45) is 2.09. The summed E-state index contributed by atoms with van der Waals surface area (Å²) in [5, 5.41) is 2.22. The molecule has 0 aromatic heterocycles. The first-order valence-electron chi connectivity index (χ1n) is 4.40. The Morgan fingerprint density at radius 3 is 2.29 bits per heavy atom. The Labute approximate surface area is 105 Å². The molecule has 14 heavy (non-hydrogen) atoms. The first-order valence-corrected chi connectivity index (χ1v) is 10.3. The van der Waals surface area contributed by atoms with Crippen molar-refractivity contribution in [3.05, 3.63) is 21.6 Å². The quantitative estimate of drug-likeness (QED) is 0.577. The smallest absolute Gasteiger partial charge is 0.0810 e. The molecule has 0 unspecified atom stereocenters. The maximum absolute atomic E-state index is 6.24. The van der Waals surface area contributed by atoms with Gasteiger partial charge in [0.15, 0.2) is 0 Å². The van der Waals surface area contributed by atoms with E-state index in [0.29, 0.717) is 0 Å². The molecule has 0 saturated carbocycles. The van der Waals surface area contributed by atoms with Gasteiger partial charge in [0.25, 0.3) is 0 Å². The Balaban J connectivity index is 3.40. The first-order chi connectivity index (χ1) is 6.38. The second-order valence-electron chi connectivity index (χ2n) is 4.19. The minimum Gasteiger partial charge on any atom is -0.128 e. The van der Waals surface area contributed by atoms with Crippen LogP contribution in [0.15, 0.2) is 21.5 Å². The van der Waals surface area contributed by atoms with Crippen LogP contribution in [0.2, 0.25) is 24.7 Å². The van der Waals surface area contributed by atoms with Crippen molar-refractivity contribution < 1.29 is 0 Å².